The van der Waals surface area contributed by atoms with Crippen molar-refractivity contribution in [2.45, 2.75) is 6.42 Å². The molecule has 2 aromatic rings. The first kappa shape index (κ1) is 13.9. The predicted molar refractivity (Wildman–Crippen MR) is 76.0 cm³/mol. The quantitative estimate of drug-likeness (QED) is 0.877. The third kappa shape index (κ3) is 4.28. The number of hydrogen-bond donors (Lipinski definition) is 1. The number of nitrogens with zero attached hydrogens (tertiary/aromatic N) is 1. The van der Waals surface area contributed by atoms with E-state index in [0.29, 0.717) is 18.0 Å². The summed E-state index contributed by atoms with van der Waals surface area (Å²) < 4.78 is 10.5. The van der Waals surface area contributed by atoms with Crippen LogP contribution in [0.25, 0.3) is 0 Å². The maximum Gasteiger partial charge on any atom is 0.227 e. The lowest BCUT2D eigenvalue weighted by Gasteiger charge is -2.07. The second-order valence-electron chi connectivity index (χ2n) is 4.06. The molecule has 0 aliphatic carbocycles. The number of benzene rings is 1. The van der Waals surface area contributed by atoms with E-state index in [2.05, 4.69) is 10.3 Å². The van der Waals surface area contributed by atoms with Gasteiger partial charge in [0.05, 0.1) is 32.0 Å². The SMILES string of the molecule is COc1ccc(OCCC(=O)Nc2cccnc2)cc1. The van der Waals surface area contributed by atoms with Crippen molar-refractivity contribution in [2.24, 2.45) is 0 Å². The number of methoxy groups -OCH3 is 1. The second kappa shape index (κ2) is 7.13. The molecule has 20 heavy (non-hydrogen) atoms. The third-order valence-corrected chi connectivity index (χ3v) is 2.60. The molecule has 104 valence electrons. The van der Waals surface area contributed by atoms with Gasteiger partial charge in [-0.05, 0) is 36.4 Å². The summed E-state index contributed by atoms with van der Waals surface area (Å²) in [6.45, 7) is 0.318. The van der Waals surface area contributed by atoms with Gasteiger partial charge >= 0.3 is 0 Å². The van der Waals surface area contributed by atoms with Crippen LogP contribution in [0.2, 0.25) is 0 Å². The highest BCUT2D eigenvalue weighted by Gasteiger charge is 2.03. The standard InChI is InChI=1S/C15H16N2O3/c1-19-13-4-6-14(7-5-13)20-10-8-15(18)17-12-3-2-9-16-11-12/h2-7,9,11H,8,10H2,1H3,(H,17,18). The van der Waals surface area contributed by atoms with Crippen LogP contribution in [0.15, 0.2) is 48.8 Å². The van der Waals surface area contributed by atoms with Crippen LogP contribution in [0, 0.1) is 0 Å². The normalized spacial score (nSPS) is 9.85. The lowest BCUT2D eigenvalue weighted by molar-refractivity contribution is -0.116. The number of carbonyl (C=O) groups is 1. The molecule has 1 amide bonds. The first-order valence-electron chi connectivity index (χ1n) is 6.24. The fourth-order valence-corrected chi connectivity index (χ4v) is 1.59. The van der Waals surface area contributed by atoms with Crippen molar-refractivity contribution in [1.82, 2.24) is 4.98 Å². The van der Waals surface area contributed by atoms with Crippen molar-refractivity contribution < 1.29 is 14.3 Å². The molecular formula is C15H16N2O3. The van der Waals surface area contributed by atoms with Crippen molar-refractivity contribution >= 4 is 11.6 Å². The fourth-order valence-electron chi connectivity index (χ4n) is 1.59. The van der Waals surface area contributed by atoms with E-state index in [0.717, 1.165) is 5.75 Å². The molecule has 2 rings (SSSR count). The van der Waals surface area contributed by atoms with Crippen molar-refractivity contribution in [3.8, 4) is 11.5 Å². The van der Waals surface area contributed by atoms with Crippen LogP contribution in [0.4, 0.5) is 5.69 Å². The highest BCUT2D eigenvalue weighted by atomic mass is 16.5. The summed E-state index contributed by atoms with van der Waals surface area (Å²) in [6.07, 6.45) is 3.53. The van der Waals surface area contributed by atoms with Crippen LogP contribution in [0.3, 0.4) is 0 Å². The molecule has 0 bridgehead atoms. The minimum absolute atomic E-state index is 0.105. The molecule has 1 heterocycles. The average Bonchev–Trinajstić information content (AvgIpc) is 2.49. The van der Waals surface area contributed by atoms with Crippen molar-refractivity contribution in [3.63, 3.8) is 0 Å². The van der Waals surface area contributed by atoms with Gasteiger partial charge in [0.1, 0.15) is 11.5 Å². The second-order valence-corrected chi connectivity index (χ2v) is 4.06. The Bertz CT molecular complexity index is 541. The summed E-state index contributed by atoms with van der Waals surface area (Å²) in [4.78, 5) is 15.6. The summed E-state index contributed by atoms with van der Waals surface area (Å²) in [5.41, 5.74) is 0.682. The lowest BCUT2D eigenvalue weighted by Crippen LogP contribution is -2.15. The molecule has 0 atom stereocenters. The summed E-state index contributed by atoms with van der Waals surface area (Å²) in [7, 11) is 1.61. The molecular weight excluding hydrogens is 256 g/mol. The molecule has 0 radical (unpaired) electrons. The Morgan fingerprint density at radius 2 is 1.95 bits per heavy atom. The van der Waals surface area contributed by atoms with E-state index < -0.39 is 0 Å². The van der Waals surface area contributed by atoms with Crippen LogP contribution in [-0.4, -0.2) is 24.6 Å². The van der Waals surface area contributed by atoms with Gasteiger partial charge in [-0.15, -0.1) is 0 Å². The van der Waals surface area contributed by atoms with Crippen LogP contribution in [-0.2, 0) is 4.79 Å². The van der Waals surface area contributed by atoms with Gasteiger partial charge in [-0.25, -0.2) is 0 Å². The summed E-state index contributed by atoms with van der Waals surface area (Å²) >= 11 is 0. The fraction of sp³-hybridized carbons (Fsp3) is 0.200. The molecule has 0 saturated carbocycles. The van der Waals surface area contributed by atoms with Crippen LogP contribution < -0.4 is 14.8 Å². The van der Waals surface area contributed by atoms with E-state index in [1.807, 2.05) is 12.1 Å². The Kier molecular flexibility index (Phi) is 4.94. The molecule has 0 unspecified atom stereocenters. The van der Waals surface area contributed by atoms with Gasteiger partial charge in [-0.1, -0.05) is 0 Å². The summed E-state index contributed by atoms with van der Waals surface area (Å²) in [5.74, 6) is 1.37. The van der Waals surface area contributed by atoms with Gasteiger partial charge in [0.2, 0.25) is 5.91 Å². The topological polar surface area (TPSA) is 60.5 Å². The maximum absolute atomic E-state index is 11.7. The van der Waals surface area contributed by atoms with Gasteiger partial charge in [0, 0.05) is 6.20 Å². The highest BCUT2D eigenvalue weighted by Crippen LogP contribution is 2.17. The first-order chi connectivity index (χ1) is 9.78. The number of nitrogens with one attached hydrogen (secondary N) is 1. The van der Waals surface area contributed by atoms with Gasteiger partial charge < -0.3 is 14.8 Å². The zero-order chi connectivity index (χ0) is 14.2. The van der Waals surface area contributed by atoms with E-state index >= 15 is 0 Å². The van der Waals surface area contributed by atoms with E-state index in [1.165, 1.54) is 0 Å². The van der Waals surface area contributed by atoms with E-state index in [1.54, 1.807) is 43.8 Å². The Labute approximate surface area is 117 Å². The molecule has 1 N–H and O–H groups in total. The maximum atomic E-state index is 11.7. The Hall–Kier alpha value is -2.56. The summed E-state index contributed by atoms with van der Waals surface area (Å²) in [6, 6.07) is 10.8. The molecule has 1 aromatic heterocycles. The smallest absolute Gasteiger partial charge is 0.227 e. The molecule has 0 aliphatic heterocycles. The number of rotatable bonds is 6. The van der Waals surface area contributed by atoms with E-state index in [9.17, 15) is 4.79 Å². The van der Waals surface area contributed by atoms with E-state index in [-0.39, 0.29) is 12.3 Å². The van der Waals surface area contributed by atoms with Crippen molar-refractivity contribution in [2.75, 3.05) is 19.0 Å². The third-order valence-electron chi connectivity index (χ3n) is 2.60. The van der Waals surface area contributed by atoms with Crippen LogP contribution >= 0.6 is 0 Å². The largest absolute Gasteiger partial charge is 0.497 e. The molecule has 0 spiro atoms. The van der Waals surface area contributed by atoms with Gasteiger partial charge in [0.15, 0.2) is 0 Å². The zero-order valence-electron chi connectivity index (χ0n) is 11.2. The minimum Gasteiger partial charge on any atom is -0.497 e. The Morgan fingerprint density at radius 3 is 2.60 bits per heavy atom. The highest BCUT2D eigenvalue weighted by molar-refractivity contribution is 5.90. The van der Waals surface area contributed by atoms with Crippen molar-refractivity contribution in [1.29, 1.82) is 0 Å². The summed E-state index contributed by atoms with van der Waals surface area (Å²) in [5, 5.41) is 2.74. The number of anilines is 1. The Morgan fingerprint density at radius 1 is 1.20 bits per heavy atom. The first-order valence-corrected chi connectivity index (χ1v) is 6.24. The van der Waals surface area contributed by atoms with Crippen LogP contribution in [0.5, 0.6) is 11.5 Å². The number of ether oxygens (including phenoxy) is 2. The van der Waals surface area contributed by atoms with E-state index in [4.69, 9.17) is 9.47 Å². The van der Waals surface area contributed by atoms with Crippen molar-refractivity contribution in [3.05, 3.63) is 48.8 Å². The number of carbonyl (C=O) groups excluding carboxylic acids is 1. The molecule has 1 aromatic carbocycles. The number of pyridine rings is 1. The van der Waals surface area contributed by atoms with Gasteiger partial charge in [0.25, 0.3) is 0 Å². The molecule has 5 heteroatoms. The Balaban J connectivity index is 1.73. The van der Waals surface area contributed by atoms with Crippen LogP contribution in [0.1, 0.15) is 6.42 Å². The molecule has 0 aliphatic rings. The minimum atomic E-state index is -0.105. The average molecular weight is 272 g/mol. The lowest BCUT2D eigenvalue weighted by atomic mass is 10.3. The number of hydrogen-bond acceptors (Lipinski definition) is 4. The molecule has 0 fully saturated rings. The monoisotopic (exact) mass is 272 g/mol. The predicted octanol–water partition coefficient (Wildman–Crippen LogP) is 2.50. The van der Waals surface area contributed by atoms with Gasteiger partial charge in [-0.3, -0.25) is 9.78 Å². The molecule has 5 nitrogen and oxygen atoms in total. The zero-order valence-corrected chi connectivity index (χ0v) is 11.2. The number of aromatic nitrogens is 1. The van der Waals surface area contributed by atoms with Gasteiger partial charge in [-0.2, -0.15) is 0 Å². The number of amides is 1. The molecule has 0 saturated heterocycles.